The smallest absolute Gasteiger partial charge is 0.242 e. The minimum Gasteiger partial charge on any atom is -0.333 e. The molecule has 0 radical (unpaired) electrons. The van der Waals surface area contributed by atoms with Gasteiger partial charge in [0.15, 0.2) is 0 Å². The maximum Gasteiger partial charge on any atom is 0.242 e. The first kappa shape index (κ1) is 20.1. The van der Waals surface area contributed by atoms with Gasteiger partial charge >= 0.3 is 0 Å². The van der Waals surface area contributed by atoms with Crippen molar-refractivity contribution in [1.82, 2.24) is 15.2 Å². The van der Waals surface area contributed by atoms with Crippen molar-refractivity contribution < 1.29 is 9.59 Å². The van der Waals surface area contributed by atoms with Gasteiger partial charge in [-0.25, -0.2) is 4.98 Å². The van der Waals surface area contributed by atoms with Crippen molar-refractivity contribution in [3.05, 3.63) is 35.2 Å². The monoisotopic (exact) mass is 377 g/mol. The number of aromatic nitrogens is 1. The fourth-order valence-corrected chi connectivity index (χ4v) is 3.09. The molecule has 0 spiro atoms. The van der Waals surface area contributed by atoms with Crippen molar-refractivity contribution in [2.24, 2.45) is 10.9 Å². The highest BCUT2D eigenvalue weighted by atomic mass is 35.5. The lowest BCUT2D eigenvalue weighted by Gasteiger charge is -2.36. The first-order valence-electron chi connectivity index (χ1n) is 8.60. The topological polar surface area (TPSA) is 86.7 Å². The summed E-state index contributed by atoms with van der Waals surface area (Å²) in [6.45, 7) is 5.25. The molecular weight excluding hydrogens is 354 g/mol. The van der Waals surface area contributed by atoms with E-state index < -0.39 is 0 Å². The van der Waals surface area contributed by atoms with Gasteiger partial charge in [-0.3, -0.25) is 19.5 Å². The number of rotatable bonds is 7. The van der Waals surface area contributed by atoms with Crippen LogP contribution in [0.15, 0.2) is 35.2 Å². The normalized spacial score (nSPS) is 20.0. The highest BCUT2D eigenvalue weighted by Crippen LogP contribution is 2.25. The van der Waals surface area contributed by atoms with Gasteiger partial charge in [0.05, 0.1) is 16.8 Å². The molecule has 1 aliphatic heterocycles. The Balaban J connectivity index is 2.01. The van der Waals surface area contributed by atoms with Crippen molar-refractivity contribution in [2.75, 3.05) is 18.4 Å². The predicted octanol–water partition coefficient (Wildman–Crippen LogP) is 2.45. The number of pyridine rings is 1. The van der Waals surface area contributed by atoms with Crippen LogP contribution in [0.3, 0.4) is 0 Å². The van der Waals surface area contributed by atoms with E-state index in [2.05, 4.69) is 25.5 Å². The number of nitrogens with one attached hydrogen (secondary N) is 2. The van der Waals surface area contributed by atoms with Crippen LogP contribution in [0.2, 0.25) is 5.02 Å². The summed E-state index contributed by atoms with van der Waals surface area (Å²) in [6, 6.07) is 3.06. The lowest BCUT2D eigenvalue weighted by Crippen LogP contribution is -2.47. The van der Waals surface area contributed by atoms with Crippen LogP contribution in [0, 0.1) is 5.92 Å². The molecule has 0 bridgehead atoms. The summed E-state index contributed by atoms with van der Waals surface area (Å²) >= 11 is 5.81. The molecule has 1 aromatic heterocycles. The number of amides is 2. The van der Waals surface area contributed by atoms with E-state index in [1.165, 1.54) is 6.20 Å². The third-order valence-corrected chi connectivity index (χ3v) is 4.58. The fourth-order valence-electron chi connectivity index (χ4n) is 2.97. The van der Waals surface area contributed by atoms with E-state index in [9.17, 15) is 9.59 Å². The summed E-state index contributed by atoms with van der Waals surface area (Å²) in [5.41, 5.74) is 0.816. The Hall–Kier alpha value is -2.25. The summed E-state index contributed by atoms with van der Waals surface area (Å²) in [5, 5.41) is 5.90. The Morgan fingerprint density at radius 2 is 2.31 bits per heavy atom. The molecule has 2 rings (SSSR count). The number of hydrogen-bond acceptors (Lipinski definition) is 5. The molecule has 1 aromatic rings. The van der Waals surface area contributed by atoms with Crippen LogP contribution in [0.4, 0.5) is 5.82 Å². The van der Waals surface area contributed by atoms with Crippen molar-refractivity contribution in [2.45, 2.75) is 32.7 Å². The molecule has 140 valence electrons. The van der Waals surface area contributed by atoms with Gasteiger partial charge in [0.1, 0.15) is 5.82 Å². The molecule has 0 aromatic carbocycles. The van der Waals surface area contributed by atoms with Gasteiger partial charge < -0.3 is 10.6 Å². The van der Waals surface area contributed by atoms with Crippen molar-refractivity contribution >= 4 is 36.0 Å². The van der Waals surface area contributed by atoms with Gasteiger partial charge in [-0.15, -0.1) is 0 Å². The second-order valence-electron chi connectivity index (χ2n) is 6.10. The third-order valence-electron chi connectivity index (χ3n) is 4.35. The quantitative estimate of drug-likeness (QED) is 0.564. The Bertz CT molecular complexity index is 675. The average molecular weight is 378 g/mol. The molecule has 1 saturated heterocycles. The van der Waals surface area contributed by atoms with E-state index in [1.807, 2.05) is 13.8 Å². The second kappa shape index (κ2) is 10.0. The Kier molecular flexibility index (Phi) is 7.74. The van der Waals surface area contributed by atoms with Gasteiger partial charge in [0.25, 0.3) is 0 Å². The van der Waals surface area contributed by atoms with Crippen LogP contribution in [0.1, 0.15) is 26.7 Å². The van der Waals surface area contributed by atoms with Gasteiger partial charge in [0.2, 0.25) is 12.3 Å². The molecular formula is C18H24ClN5O2. The summed E-state index contributed by atoms with van der Waals surface area (Å²) in [4.78, 5) is 33.7. The lowest BCUT2D eigenvalue weighted by molar-refractivity contribution is -0.121. The summed E-state index contributed by atoms with van der Waals surface area (Å²) in [6.07, 6.45) is 7.38. The van der Waals surface area contributed by atoms with Gasteiger partial charge in [-0.2, -0.15) is 0 Å². The molecule has 2 N–H and O–H groups in total. The zero-order chi connectivity index (χ0) is 18.9. The number of carbonyl (C=O) groups excluding carboxylic acids is 2. The van der Waals surface area contributed by atoms with Crippen LogP contribution < -0.4 is 10.6 Å². The average Bonchev–Trinajstić information content (AvgIpc) is 2.66. The Morgan fingerprint density at radius 1 is 1.50 bits per heavy atom. The maximum atomic E-state index is 12.5. The number of aliphatic imine (C=N–C) groups is 1. The Labute approximate surface area is 158 Å². The standard InChI is InChI=1S/C18H24ClN5O2/c1-3-21-16(10-20-12-25)14-5-4-8-24(11-14)13(2)18(26)23-17-7-6-15(19)9-22-17/h3,6-7,9-10,12-14H,4-5,8,11H2,1-2H3,(H,20,25)(H,22,23,26)/b16-10-,21-3?. The van der Waals surface area contributed by atoms with E-state index in [1.54, 1.807) is 24.5 Å². The molecule has 0 aliphatic carbocycles. The van der Waals surface area contributed by atoms with Gasteiger partial charge in [0, 0.05) is 31.1 Å². The highest BCUT2D eigenvalue weighted by Gasteiger charge is 2.29. The van der Waals surface area contributed by atoms with Crippen LogP contribution >= 0.6 is 11.6 Å². The molecule has 7 nitrogen and oxygen atoms in total. The zero-order valence-electron chi connectivity index (χ0n) is 15.0. The number of carbonyl (C=O) groups is 2. The van der Waals surface area contributed by atoms with Crippen molar-refractivity contribution in [3.63, 3.8) is 0 Å². The van der Waals surface area contributed by atoms with Crippen LogP contribution in [-0.2, 0) is 9.59 Å². The molecule has 8 heteroatoms. The van der Waals surface area contributed by atoms with Gasteiger partial charge in [-0.05, 0) is 45.4 Å². The van der Waals surface area contributed by atoms with E-state index in [0.29, 0.717) is 23.8 Å². The summed E-state index contributed by atoms with van der Waals surface area (Å²) in [7, 11) is 0. The lowest BCUT2D eigenvalue weighted by atomic mass is 9.94. The molecule has 2 heterocycles. The molecule has 0 saturated carbocycles. The number of likely N-dealkylation sites (tertiary alicyclic amines) is 1. The molecule has 2 unspecified atom stereocenters. The number of piperidine rings is 1. The number of hydrogen-bond donors (Lipinski definition) is 2. The van der Waals surface area contributed by atoms with E-state index >= 15 is 0 Å². The van der Waals surface area contributed by atoms with E-state index in [-0.39, 0.29) is 17.9 Å². The number of halogens is 1. The van der Waals surface area contributed by atoms with Crippen LogP contribution in [-0.4, -0.2) is 47.5 Å². The number of nitrogens with zero attached hydrogens (tertiary/aromatic N) is 3. The summed E-state index contributed by atoms with van der Waals surface area (Å²) in [5.74, 6) is 0.526. The first-order valence-corrected chi connectivity index (χ1v) is 8.97. The van der Waals surface area contributed by atoms with Crippen LogP contribution in [0.25, 0.3) is 0 Å². The van der Waals surface area contributed by atoms with Crippen molar-refractivity contribution in [1.29, 1.82) is 0 Å². The van der Waals surface area contributed by atoms with Crippen LogP contribution in [0.5, 0.6) is 0 Å². The third kappa shape index (κ3) is 5.64. The van der Waals surface area contributed by atoms with Crippen molar-refractivity contribution in [3.8, 4) is 0 Å². The largest absolute Gasteiger partial charge is 0.333 e. The minimum absolute atomic E-state index is 0.115. The Morgan fingerprint density at radius 3 is 2.96 bits per heavy atom. The molecule has 2 amide bonds. The maximum absolute atomic E-state index is 12.5. The zero-order valence-corrected chi connectivity index (χ0v) is 15.7. The molecule has 1 fully saturated rings. The van der Waals surface area contributed by atoms with E-state index in [4.69, 9.17) is 11.6 Å². The first-order chi connectivity index (χ1) is 12.5. The molecule has 2 atom stereocenters. The highest BCUT2D eigenvalue weighted by molar-refractivity contribution is 6.30. The van der Waals surface area contributed by atoms with Gasteiger partial charge in [-0.1, -0.05) is 11.6 Å². The SMILES string of the molecule is CC=N/C(=C\NC=O)C1CCCN(C(C)C(=O)Nc2ccc(Cl)cn2)C1. The summed E-state index contributed by atoms with van der Waals surface area (Å²) < 4.78 is 0. The minimum atomic E-state index is -0.304. The molecule has 26 heavy (non-hydrogen) atoms. The predicted molar refractivity (Wildman–Crippen MR) is 103 cm³/mol. The van der Waals surface area contributed by atoms with E-state index in [0.717, 1.165) is 25.1 Å². The second-order valence-corrected chi connectivity index (χ2v) is 6.54. The molecule has 1 aliphatic rings. The fraction of sp³-hybridized carbons (Fsp3) is 0.444. The number of anilines is 1.